The van der Waals surface area contributed by atoms with Gasteiger partial charge in [-0.3, -0.25) is 4.90 Å². The van der Waals surface area contributed by atoms with Crippen molar-refractivity contribution < 1.29 is 5.11 Å². The first kappa shape index (κ1) is 12.6. The molecule has 1 saturated carbocycles. The molecular weight excluding hydrogens is 244 g/mol. The van der Waals surface area contributed by atoms with E-state index in [1.54, 1.807) is 0 Å². The fourth-order valence-electron chi connectivity index (χ4n) is 2.89. The van der Waals surface area contributed by atoms with E-state index in [0.717, 1.165) is 25.4 Å². The Balaban J connectivity index is 1.59. The highest BCUT2D eigenvalue weighted by molar-refractivity contribution is 7.09. The molecule has 2 fully saturated rings. The molecule has 1 aliphatic heterocycles. The standard InChI is InChI=1S/C14H22N2OS/c1-10(17)7-13-3-2-6-16(13)8-12-9-18-14(15-12)11-4-5-11/h9-11,13,17H,2-8H2,1H3. The summed E-state index contributed by atoms with van der Waals surface area (Å²) >= 11 is 1.83. The molecule has 1 aliphatic carbocycles. The van der Waals surface area contributed by atoms with Crippen molar-refractivity contribution >= 4 is 11.3 Å². The van der Waals surface area contributed by atoms with Crippen molar-refractivity contribution in [1.82, 2.24) is 9.88 Å². The largest absolute Gasteiger partial charge is 0.393 e. The lowest BCUT2D eigenvalue weighted by Crippen LogP contribution is -2.31. The van der Waals surface area contributed by atoms with Gasteiger partial charge in [-0.2, -0.15) is 0 Å². The third-order valence-corrected chi connectivity index (χ3v) is 5.03. The highest BCUT2D eigenvalue weighted by atomic mass is 32.1. The Morgan fingerprint density at radius 1 is 1.50 bits per heavy atom. The summed E-state index contributed by atoms with van der Waals surface area (Å²) < 4.78 is 0. The molecule has 0 amide bonds. The molecule has 4 heteroatoms. The van der Waals surface area contributed by atoms with Crippen molar-refractivity contribution in [1.29, 1.82) is 0 Å². The Morgan fingerprint density at radius 2 is 2.33 bits per heavy atom. The zero-order valence-electron chi connectivity index (χ0n) is 11.0. The summed E-state index contributed by atoms with van der Waals surface area (Å²) in [6, 6.07) is 0.552. The first-order valence-electron chi connectivity index (χ1n) is 7.09. The Hall–Kier alpha value is -0.450. The van der Waals surface area contributed by atoms with Crippen LogP contribution in [-0.2, 0) is 6.54 Å². The summed E-state index contributed by atoms with van der Waals surface area (Å²) in [6.45, 7) is 4.03. The van der Waals surface area contributed by atoms with Gasteiger partial charge < -0.3 is 5.11 Å². The molecule has 0 bridgehead atoms. The van der Waals surface area contributed by atoms with E-state index in [9.17, 15) is 5.11 Å². The summed E-state index contributed by atoms with van der Waals surface area (Å²) in [5, 5.41) is 13.1. The number of aliphatic hydroxyl groups excluding tert-OH is 1. The van der Waals surface area contributed by atoms with Crippen molar-refractivity contribution in [2.24, 2.45) is 0 Å². The average molecular weight is 266 g/mol. The third kappa shape index (κ3) is 2.92. The molecule has 100 valence electrons. The van der Waals surface area contributed by atoms with Crippen molar-refractivity contribution in [3.8, 4) is 0 Å². The number of likely N-dealkylation sites (tertiary alicyclic amines) is 1. The van der Waals surface area contributed by atoms with Crippen LogP contribution < -0.4 is 0 Å². The van der Waals surface area contributed by atoms with Crippen LogP contribution in [0.3, 0.4) is 0 Å². The maximum absolute atomic E-state index is 9.54. The molecule has 1 saturated heterocycles. The molecule has 3 nitrogen and oxygen atoms in total. The molecule has 2 unspecified atom stereocenters. The van der Waals surface area contributed by atoms with Gasteiger partial charge in [0.15, 0.2) is 0 Å². The minimum atomic E-state index is -0.187. The second kappa shape index (κ2) is 5.27. The normalized spacial score (nSPS) is 26.7. The minimum Gasteiger partial charge on any atom is -0.393 e. The van der Waals surface area contributed by atoms with E-state index >= 15 is 0 Å². The minimum absolute atomic E-state index is 0.187. The predicted molar refractivity (Wildman–Crippen MR) is 73.8 cm³/mol. The van der Waals surface area contributed by atoms with Gasteiger partial charge in [0.1, 0.15) is 0 Å². The van der Waals surface area contributed by atoms with E-state index in [-0.39, 0.29) is 6.10 Å². The molecule has 0 spiro atoms. The summed E-state index contributed by atoms with van der Waals surface area (Å²) in [7, 11) is 0. The van der Waals surface area contributed by atoms with E-state index in [0.29, 0.717) is 6.04 Å². The van der Waals surface area contributed by atoms with E-state index < -0.39 is 0 Å². The van der Waals surface area contributed by atoms with Crippen molar-refractivity contribution in [2.75, 3.05) is 6.54 Å². The monoisotopic (exact) mass is 266 g/mol. The molecule has 3 rings (SSSR count). The maximum Gasteiger partial charge on any atom is 0.0959 e. The lowest BCUT2D eigenvalue weighted by atomic mass is 10.1. The molecule has 1 aromatic heterocycles. The second-order valence-electron chi connectivity index (χ2n) is 5.80. The van der Waals surface area contributed by atoms with Crippen LogP contribution in [0.15, 0.2) is 5.38 Å². The van der Waals surface area contributed by atoms with Gasteiger partial charge >= 0.3 is 0 Å². The van der Waals surface area contributed by atoms with Gasteiger partial charge in [0.2, 0.25) is 0 Å². The van der Waals surface area contributed by atoms with E-state index in [4.69, 9.17) is 4.98 Å². The van der Waals surface area contributed by atoms with Gasteiger partial charge in [-0.1, -0.05) is 0 Å². The van der Waals surface area contributed by atoms with Crippen LogP contribution >= 0.6 is 11.3 Å². The van der Waals surface area contributed by atoms with Crippen LogP contribution in [0.4, 0.5) is 0 Å². The number of nitrogens with zero attached hydrogens (tertiary/aromatic N) is 2. The van der Waals surface area contributed by atoms with Gasteiger partial charge in [-0.15, -0.1) is 11.3 Å². The van der Waals surface area contributed by atoms with E-state index in [1.165, 1.54) is 36.4 Å². The second-order valence-corrected chi connectivity index (χ2v) is 6.69. The summed E-state index contributed by atoms with van der Waals surface area (Å²) in [4.78, 5) is 7.26. The summed E-state index contributed by atoms with van der Waals surface area (Å²) in [5.74, 6) is 0.774. The lowest BCUT2D eigenvalue weighted by Gasteiger charge is -2.24. The molecule has 18 heavy (non-hydrogen) atoms. The topological polar surface area (TPSA) is 36.4 Å². The van der Waals surface area contributed by atoms with Gasteiger partial charge in [-0.05, 0) is 45.6 Å². The van der Waals surface area contributed by atoms with Crippen molar-refractivity contribution in [2.45, 2.75) is 63.6 Å². The molecule has 0 radical (unpaired) electrons. The van der Waals surface area contributed by atoms with Gasteiger partial charge in [0.05, 0.1) is 16.8 Å². The smallest absolute Gasteiger partial charge is 0.0959 e. The summed E-state index contributed by atoms with van der Waals surface area (Å²) in [6.07, 6.45) is 5.87. The molecule has 1 N–H and O–H groups in total. The maximum atomic E-state index is 9.54. The highest BCUT2D eigenvalue weighted by Crippen LogP contribution is 2.41. The number of aromatic nitrogens is 1. The SMILES string of the molecule is CC(O)CC1CCCN1Cc1csc(C2CC2)n1. The molecule has 2 aliphatic rings. The van der Waals surface area contributed by atoms with Crippen LogP contribution in [0, 0.1) is 0 Å². The third-order valence-electron chi connectivity index (χ3n) is 3.97. The zero-order chi connectivity index (χ0) is 12.5. The van der Waals surface area contributed by atoms with Gasteiger partial charge in [0, 0.05) is 23.9 Å². The van der Waals surface area contributed by atoms with Crippen LogP contribution in [0.2, 0.25) is 0 Å². The molecule has 1 aromatic rings. The van der Waals surface area contributed by atoms with Gasteiger partial charge in [0.25, 0.3) is 0 Å². The molecule has 2 atom stereocenters. The Morgan fingerprint density at radius 3 is 3.06 bits per heavy atom. The zero-order valence-corrected chi connectivity index (χ0v) is 11.8. The van der Waals surface area contributed by atoms with Crippen LogP contribution in [0.25, 0.3) is 0 Å². The van der Waals surface area contributed by atoms with Gasteiger partial charge in [-0.25, -0.2) is 4.98 Å². The Kier molecular flexibility index (Phi) is 3.68. The van der Waals surface area contributed by atoms with Crippen LogP contribution in [0.1, 0.15) is 55.6 Å². The van der Waals surface area contributed by atoms with Crippen molar-refractivity contribution in [3.05, 3.63) is 16.1 Å². The fourth-order valence-corrected chi connectivity index (χ4v) is 3.87. The average Bonchev–Trinajstić information content (AvgIpc) is 2.93. The number of rotatable bonds is 5. The first-order chi connectivity index (χ1) is 8.72. The Bertz CT molecular complexity index is 400. The quantitative estimate of drug-likeness (QED) is 0.890. The van der Waals surface area contributed by atoms with Crippen LogP contribution in [0.5, 0.6) is 0 Å². The first-order valence-corrected chi connectivity index (χ1v) is 7.97. The van der Waals surface area contributed by atoms with Crippen LogP contribution in [-0.4, -0.2) is 33.7 Å². The predicted octanol–water partition coefficient (Wildman–Crippen LogP) is 2.76. The number of hydrogen-bond donors (Lipinski definition) is 1. The number of aliphatic hydroxyl groups is 1. The highest BCUT2D eigenvalue weighted by Gasteiger charge is 2.29. The summed E-state index contributed by atoms with van der Waals surface area (Å²) in [5.41, 5.74) is 1.24. The number of hydrogen-bond acceptors (Lipinski definition) is 4. The molecule has 0 aromatic carbocycles. The fraction of sp³-hybridized carbons (Fsp3) is 0.786. The van der Waals surface area contributed by atoms with Crippen molar-refractivity contribution in [3.63, 3.8) is 0 Å². The van der Waals surface area contributed by atoms with E-state index in [1.807, 2.05) is 18.3 Å². The molecular formula is C14H22N2OS. The number of thiazole rings is 1. The van der Waals surface area contributed by atoms with E-state index in [2.05, 4.69) is 10.3 Å². The lowest BCUT2D eigenvalue weighted by molar-refractivity contribution is 0.130. The Labute approximate surface area is 113 Å². The molecule has 2 heterocycles.